The van der Waals surface area contributed by atoms with Crippen molar-refractivity contribution >= 4 is 21.7 Å². The topological polar surface area (TPSA) is 97.5 Å². The first kappa shape index (κ1) is 31.4. The van der Waals surface area contributed by atoms with Crippen LogP contribution in [0.4, 0.5) is 35.1 Å². The molecule has 0 saturated carbocycles. The molecule has 0 aromatic heterocycles. The van der Waals surface area contributed by atoms with E-state index in [1.807, 2.05) is 0 Å². The second-order valence-electron chi connectivity index (χ2n) is 10.6. The third-order valence-electron chi connectivity index (χ3n) is 8.35. The second kappa shape index (κ2) is 10.3. The molecule has 1 saturated heterocycles. The first-order valence-electron chi connectivity index (χ1n) is 13.0. The third kappa shape index (κ3) is 4.54. The van der Waals surface area contributed by atoms with Crippen LogP contribution in [0.2, 0.25) is 0 Å². The van der Waals surface area contributed by atoms with Crippen LogP contribution in [0.15, 0.2) is 71.6 Å². The Morgan fingerprint density at radius 2 is 1.41 bits per heavy atom. The summed E-state index contributed by atoms with van der Waals surface area (Å²) in [6.45, 7) is -0.194. The van der Waals surface area contributed by atoms with E-state index in [2.05, 4.69) is 0 Å². The normalized spacial score (nSPS) is 20.6. The Bertz CT molecular complexity index is 1720. The molecule has 1 heterocycles. The summed E-state index contributed by atoms with van der Waals surface area (Å²) in [5.41, 5.74) is -2.55. The lowest BCUT2D eigenvalue weighted by molar-refractivity contribution is -0.348. The van der Waals surface area contributed by atoms with Crippen molar-refractivity contribution in [2.75, 3.05) is 6.54 Å². The fourth-order valence-corrected chi connectivity index (χ4v) is 8.61. The van der Waals surface area contributed by atoms with Gasteiger partial charge in [0.25, 0.3) is 5.91 Å². The minimum absolute atomic E-state index is 0.0590. The zero-order valence-electron chi connectivity index (χ0n) is 22.3. The number of halogens is 8. The molecule has 2 aliphatic rings. The van der Waals surface area contributed by atoms with E-state index in [1.165, 1.54) is 29.2 Å². The molecule has 1 aliphatic carbocycles. The highest BCUT2D eigenvalue weighted by atomic mass is 32.2. The van der Waals surface area contributed by atoms with Gasteiger partial charge in [0.15, 0.2) is 9.84 Å². The molecule has 3 aromatic rings. The summed E-state index contributed by atoms with van der Waals surface area (Å²) in [4.78, 5) is 25.9. The fourth-order valence-electron chi connectivity index (χ4n) is 6.24. The van der Waals surface area contributed by atoms with Gasteiger partial charge in [-0.25, -0.2) is 17.2 Å². The Hall–Kier alpha value is -4.01. The van der Waals surface area contributed by atoms with Gasteiger partial charge in [0.2, 0.25) is 5.91 Å². The van der Waals surface area contributed by atoms with Gasteiger partial charge >= 0.3 is 18.0 Å². The van der Waals surface area contributed by atoms with Crippen molar-refractivity contribution in [2.45, 2.75) is 53.0 Å². The van der Waals surface area contributed by atoms with Crippen molar-refractivity contribution in [3.05, 3.63) is 100 Å². The van der Waals surface area contributed by atoms with E-state index >= 15 is 0 Å². The lowest BCUT2D eigenvalue weighted by atomic mass is 9.76. The minimum Gasteiger partial charge on any atom is -0.366 e. The molecule has 234 valence electrons. The zero-order valence-corrected chi connectivity index (χ0v) is 23.2. The summed E-state index contributed by atoms with van der Waals surface area (Å²) in [6, 6.07) is 9.05. The summed E-state index contributed by atoms with van der Waals surface area (Å²) in [5.74, 6) is -2.18. The Labute approximate surface area is 245 Å². The van der Waals surface area contributed by atoms with E-state index in [0.717, 1.165) is 30.3 Å². The van der Waals surface area contributed by atoms with Gasteiger partial charge in [-0.3, -0.25) is 9.59 Å². The number of hydrogen-bond donors (Lipinski definition) is 1. The quantitative estimate of drug-likeness (QED) is 0.282. The lowest BCUT2D eigenvalue weighted by Crippen LogP contribution is -2.53. The van der Waals surface area contributed by atoms with Crippen LogP contribution in [0, 0.1) is 5.82 Å². The number of carbonyl (C=O) groups is 2. The van der Waals surface area contributed by atoms with Gasteiger partial charge in [-0.05, 0) is 78.9 Å². The molecule has 0 spiro atoms. The number of primary amides is 1. The van der Waals surface area contributed by atoms with Crippen molar-refractivity contribution in [1.82, 2.24) is 4.90 Å². The van der Waals surface area contributed by atoms with Crippen LogP contribution in [-0.4, -0.2) is 50.1 Å². The molecule has 2 atom stereocenters. The average molecular weight is 647 g/mol. The van der Waals surface area contributed by atoms with Crippen LogP contribution in [0.3, 0.4) is 0 Å². The van der Waals surface area contributed by atoms with Crippen molar-refractivity contribution in [3.8, 4) is 0 Å². The van der Waals surface area contributed by atoms with E-state index in [1.54, 1.807) is 0 Å². The number of carbonyl (C=O) groups excluding carboxylic acids is 2. The number of rotatable bonds is 5. The lowest BCUT2D eigenvalue weighted by Gasteiger charge is -2.43. The highest BCUT2D eigenvalue weighted by Crippen LogP contribution is 2.56. The second-order valence-corrected chi connectivity index (χ2v) is 12.8. The number of amides is 2. The number of alkyl halides is 7. The van der Waals surface area contributed by atoms with E-state index in [4.69, 9.17) is 5.73 Å². The molecular formula is C29H22F8N2O4S. The number of hydrogen-bond acceptors (Lipinski definition) is 4. The predicted octanol–water partition coefficient (Wildman–Crippen LogP) is 5.74. The van der Waals surface area contributed by atoms with E-state index < -0.39 is 66.7 Å². The predicted molar refractivity (Wildman–Crippen MR) is 139 cm³/mol. The van der Waals surface area contributed by atoms with Crippen LogP contribution in [0.5, 0.6) is 0 Å². The number of likely N-dealkylation sites (tertiary alicyclic amines) is 1. The van der Waals surface area contributed by atoms with Gasteiger partial charge in [-0.1, -0.05) is 18.2 Å². The van der Waals surface area contributed by atoms with Crippen LogP contribution >= 0.6 is 0 Å². The fraction of sp³-hybridized carbons (Fsp3) is 0.310. The van der Waals surface area contributed by atoms with Crippen molar-refractivity contribution in [2.24, 2.45) is 5.73 Å². The molecule has 0 bridgehead atoms. The number of fused-ring (bicyclic) bond motifs is 3. The largest absolute Gasteiger partial charge is 0.435 e. The van der Waals surface area contributed by atoms with Crippen LogP contribution in [0.25, 0.3) is 0 Å². The van der Waals surface area contributed by atoms with E-state index in [-0.39, 0.29) is 54.1 Å². The Balaban J connectivity index is 1.68. The first-order chi connectivity index (χ1) is 20.4. The maximum absolute atomic E-state index is 15.0. The Morgan fingerprint density at radius 1 is 0.841 bits per heavy atom. The van der Waals surface area contributed by atoms with Gasteiger partial charge in [-0.15, -0.1) is 0 Å². The van der Waals surface area contributed by atoms with Crippen LogP contribution in [0.1, 0.15) is 50.2 Å². The molecule has 3 aromatic carbocycles. The molecule has 2 N–H and O–H groups in total. The highest BCUT2D eigenvalue weighted by Gasteiger charge is 2.73. The molecule has 0 unspecified atom stereocenters. The molecule has 2 amide bonds. The summed E-state index contributed by atoms with van der Waals surface area (Å²) in [6.07, 6.45) is -13.6. The molecule has 15 heteroatoms. The third-order valence-corrected chi connectivity index (χ3v) is 10.9. The molecular weight excluding hydrogens is 624 g/mol. The zero-order chi connectivity index (χ0) is 32.5. The smallest absolute Gasteiger partial charge is 0.366 e. The number of nitrogens with zero attached hydrogens (tertiary/aromatic N) is 1. The molecule has 5 rings (SSSR count). The molecule has 44 heavy (non-hydrogen) atoms. The van der Waals surface area contributed by atoms with E-state index in [0.29, 0.717) is 6.07 Å². The van der Waals surface area contributed by atoms with Gasteiger partial charge in [-0.2, -0.15) is 26.3 Å². The molecule has 1 aliphatic heterocycles. The molecule has 0 radical (unpaired) electrons. The van der Waals surface area contributed by atoms with Gasteiger partial charge in [0.1, 0.15) is 10.6 Å². The number of benzene rings is 3. The van der Waals surface area contributed by atoms with Gasteiger partial charge in [0.05, 0.1) is 10.9 Å². The maximum atomic E-state index is 15.0. The standard InChI is InChI=1S/C29H22F8N2O4S/c30-20-7-9-21(10-8-20)44(42,43)26-13-14-39(25(41)17-3-1-16(2-4-17)24(38)40)23(26)12-5-18-15-19(6-11-22(18)26)27(31,28(32,33)34)29(35,36)37/h1-4,6-11,15,23H,5,12-14H2,(H2,38,40)/t23-,26-/m0/s1. The maximum Gasteiger partial charge on any atom is 0.435 e. The summed E-state index contributed by atoms with van der Waals surface area (Å²) in [7, 11) is -4.62. The van der Waals surface area contributed by atoms with Crippen molar-refractivity contribution in [1.29, 1.82) is 0 Å². The number of aryl methyl sites for hydroxylation is 1. The summed E-state index contributed by atoms with van der Waals surface area (Å²) < 4.78 is 136. The van der Waals surface area contributed by atoms with Gasteiger partial charge in [0, 0.05) is 23.2 Å². The van der Waals surface area contributed by atoms with Crippen LogP contribution < -0.4 is 5.73 Å². The molecule has 6 nitrogen and oxygen atoms in total. The Kier molecular flexibility index (Phi) is 7.34. The SMILES string of the molecule is NC(=O)c1ccc(C(=O)N2CC[C@]3(S(=O)(=O)c4ccc(F)cc4)c4ccc(C(F)(C(F)(F)F)C(F)(F)F)cc4CC[C@H]23)cc1. The van der Waals surface area contributed by atoms with Gasteiger partial charge < -0.3 is 10.6 Å². The first-order valence-corrected chi connectivity index (χ1v) is 14.5. The Morgan fingerprint density at radius 3 is 1.95 bits per heavy atom. The number of nitrogens with two attached hydrogens (primary N) is 1. The average Bonchev–Trinajstić information content (AvgIpc) is 3.37. The summed E-state index contributed by atoms with van der Waals surface area (Å²) in [5, 5.41) is 0. The monoisotopic (exact) mass is 646 g/mol. The summed E-state index contributed by atoms with van der Waals surface area (Å²) >= 11 is 0. The minimum atomic E-state index is -6.38. The van der Waals surface area contributed by atoms with Crippen LogP contribution in [-0.2, 0) is 26.7 Å². The highest BCUT2D eigenvalue weighted by molar-refractivity contribution is 7.92. The number of sulfone groups is 1. The molecule has 1 fully saturated rings. The van der Waals surface area contributed by atoms with Crippen molar-refractivity contribution < 1.29 is 53.1 Å². The van der Waals surface area contributed by atoms with Crippen molar-refractivity contribution in [3.63, 3.8) is 0 Å². The van der Waals surface area contributed by atoms with E-state index in [9.17, 15) is 53.1 Å².